The highest BCUT2D eigenvalue weighted by Gasteiger charge is 2.06. The molecule has 0 saturated carbocycles. The predicted molar refractivity (Wildman–Crippen MR) is 70.7 cm³/mol. The number of carbonyl (C=O) groups is 1. The molecule has 0 aliphatic carbocycles. The first kappa shape index (κ1) is 11.6. The van der Waals surface area contributed by atoms with E-state index in [4.69, 9.17) is 5.73 Å². The number of nitrogens with zero attached hydrogens (tertiary/aromatic N) is 1. The van der Waals surface area contributed by atoms with Gasteiger partial charge >= 0.3 is 0 Å². The van der Waals surface area contributed by atoms with Crippen LogP contribution in [0.25, 0.3) is 0 Å². The molecular formula is C12H10BrN3O. The van der Waals surface area contributed by atoms with Crippen molar-refractivity contribution >= 4 is 33.2 Å². The molecule has 86 valence electrons. The van der Waals surface area contributed by atoms with Gasteiger partial charge in [0.15, 0.2) is 0 Å². The van der Waals surface area contributed by atoms with Gasteiger partial charge in [-0.3, -0.25) is 9.78 Å². The number of hydrogen-bond acceptors (Lipinski definition) is 3. The Morgan fingerprint density at radius 1 is 1.35 bits per heavy atom. The first-order chi connectivity index (χ1) is 8.16. The van der Waals surface area contributed by atoms with E-state index in [1.807, 2.05) is 0 Å². The standard InChI is InChI=1S/C12H10BrN3O/c13-10-6-9(3-4-11(10)14)16-12(17)8-2-1-5-15-7-8/h1-7H,14H2,(H,16,17). The summed E-state index contributed by atoms with van der Waals surface area (Å²) in [5, 5.41) is 2.76. The van der Waals surface area contributed by atoms with Crippen LogP contribution >= 0.6 is 15.9 Å². The summed E-state index contributed by atoms with van der Waals surface area (Å²) in [6.07, 6.45) is 3.14. The van der Waals surface area contributed by atoms with Gasteiger partial charge in [0, 0.05) is 28.2 Å². The molecule has 0 aliphatic heterocycles. The topological polar surface area (TPSA) is 68.0 Å². The van der Waals surface area contributed by atoms with E-state index in [1.165, 1.54) is 6.20 Å². The Bertz CT molecular complexity index is 543. The summed E-state index contributed by atoms with van der Waals surface area (Å²) < 4.78 is 0.751. The van der Waals surface area contributed by atoms with Crippen molar-refractivity contribution < 1.29 is 4.79 Å². The second kappa shape index (κ2) is 4.97. The highest BCUT2D eigenvalue weighted by Crippen LogP contribution is 2.23. The summed E-state index contributed by atoms with van der Waals surface area (Å²) >= 11 is 3.30. The summed E-state index contributed by atoms with van der Waals surface area (Å²) in [6.45, 7) is 0. The van der Waals surface area contributed by atoms with Gasteiger partial charge in [-0.25, -0.2) is 0 Å². The van der Waals surface area contributed by atoms with Gasteiger partial charge < -0.3 is 11.1 Å². The number of hydrogen-bond donors (Lipinski definition) is 2. The number of aromatic nitrogens is 1. The van der Waals surface area contributed by atoms with Gasteiger partial charge in [0.1, 0.15) is 0 Å². The summed E-state index contributed by atoms with van der Waals surface area (Å²) in [4.78, 5) is 15.7. The summed E-state index contributed by atoms with van der Waals surface area (Å²) in [7, 11) is 0. The number of rotatable bonds is 2. The van der Waals surface area contributed by atoms with Crippen molar-refractivity contribution in [2.75, 3.05) is 11.1 Å². The SMILES string of the molecule is Nc1ccc(NC(=O)c2cccnc2)cc1Br. The lowest BCUT2D eigenvalue weighted by Gasteiger charge is -2.06. The Hall–Kier alpha value is -1.88. The zero-order valence-electron chi connectivity index (χ0n) is 8.85. The van der Waals surface area contributed by atoms with Crippen LogP contribution in [0.3, 0.4) is 0 Å². The molecule has 0 aliphatic rings. The molecule has 2 aromatic rings. The van der Waals surface area contributed by atoms with Crippen molar-refractivity contribution in [2.24, 2.45) is 0 Å². The van der Waals surface area contributed by atoms with E-state index >= 15 is 0 Å². The van der Waals surface area contributed by atoms with E-state index < -0.39 is 0 Å². The molecule has 1 heterocycles. The van der Waals surface area contributed by atoms with Crippen molar-refractivity contribution in [3.63, 3.8) is 0 Å². The molecule has 17 heavy (non-hydrogen) atoms. The third-order valence-corrected chi connectivity index (χ3v) is 2.87. The number of anilines is 2. The maximum Gasteiger partial charge on any atom is 0.257 e. The van der Waals surface area contributed by atoms with Gasteiger partial charge in [-0.2, -0.15) is 0 Å². The van der Waals surface area contributed by atoms with Gasteiger partial charge in [-0.15, -0.1) is 0 Å². The fourth-order valence-corrected chi connectivity index (χ4v) is 1.68. The normalized spacial score (nSPS) is 9.94. The van der Waals surface area contributed by atoms with E-state index in [0.29, 0.717) is 16.9 Å². The average Bonchev–Trinajstić information content (AvgIpc) is 2.35. The lowest BCUT2D eigenvalue weighted by atomic mass is 10.2. The molecule has 0 spiro atoms. The van der Waals surface area contributed by atoms with Crippen LogP contribution in [0.4, 0.5) is 11.4 Å². The van der Waals surface area contributed by atoms with Crippen molar-refractivity contribution in [1.82, 2.24) is 4.98 Å². The molecule has 3 N–H and O–H groups in total. The van der Waals surface area contributed by atoms with E-state index in [2.05, 4.69) is 26.2 Å². The number of benzene rings is 1. The van der Waals surface area contributed by atoms with Gasteiger partial charge in [0.2, 0.25) is 0 Å². The number of pyridine rings is 1. The molecular weight excluding hydrogens is 282 g/mol. The zero-order chi connectivity index (χ0) is 12.3. The van der Waals surface area contributed by atoms with Crippen molar-refractivity contribution in [1.29, 1.82) is 0 Å². The fraction of sp³-hybridized carbons (Fsp3) is 0. The molecule has 1 amide bonds. The maximum absolute atomic E-state index is 11.8. The van der Waals surface area contributed by atoms with Crippen LogP contribution < -0.4 is 11.1 Å². The van der Waals surface area contributed by atoms with E-state index in [0.717, 1.165) is 4.47 Å². The van der Waals surface area contributed by atoms with Crippen LogP contribution in [0.1, 0.15) is 10.4 Å². The van der Waals surface area contributed by atoms with Crippen LogP contribution in [0.2, 0.25) is 0 Å². The molecule has 0 saturated heterocycles. The number of nitrogens with one attached hydrogen (secondary N) is 1. The molecule has 2 rings (SSSR count). The molecule has 1 aromatic carbocycles. The molecule has 4 nitrogen and oxygen atoms in total. The average molecular weight is 292 g/mol. The van der Waals surface area contributed by atoms with Crippen molar-refractivity contribution in [3.05, 3.63) is 52.8 Å². The molecule has 0 fully saturated rings. The Labute approximate surface area is 107 Å². The Kier molecular flexibility index (Phi) is 3.39. The highest BCUT2D eigenvalue weighted by molar-refractivity contribution is 9.10. The Morgan fingerprint density at radius 3 is 2.82 bits per heavy atom. The Balaban J connectivity index is 2.16. The molecule has 0 radical (unpaired) electrons. The first-order valence-corrected chi connectivity index (χ1v) is 5.72. The fourth-order valence-electron chi connectivity index (χ4n) is 1.31. The minimum atomic E-state index is -0.199. The van der Waals surface area contributed by atoms with Gasteiger partial charge in [0.05, 0.1) is 5.56 Å². The van der Waals surface area contributed by atoms with Crippen molar-refractivity contribution in [3.8, 4) is 0 Å². The molecule has 0 atom stereocenters. The Morgan fingerprint density at radius 2 is 2.18 bits per heavy atom. The molecule has 0 unspecified atom stereocenters. The summed E-state index contributed by atoms with van der Waals surface area (Å²) in [5.41, 5.74) is 7.48. The van der Waals surface area contributed by atoms with Gasteiger partial charge in [-0.05, 0) is 46.3 Å². The number of carbonyl (C=O) groups excluding carboxylic acids is 1. The second-order valence-electron chi connectivity index (χ2n) is 3.43. The number of halogens is 1. The predicted octanol–water partition coefficient (Wildman–Crippen LogP) is 2.68. The molecule has 5 heteroatoms. The third kappa shape index (κ3) is 2.82. The van der Waals surface area contributed by atoms with Crippen LogP contribution in [0.5, 0.6) is 0 Å². The summed E-state index contributed by atoms with van der Waals surface area (Å²) in [5.74, 6) is -0.199. The van der Waals surface area contributed by atoms with Gasteiger partial charge in [-0.1, -0.05) is 0 Å². The lowest BCUT2D eigenvalue weighted by Crippen LogP contribution is -2.12. The molecule has 0 bridgehead atoms. The number of nitrogen functional groups attached to an aromatic ring is 1. The number of amides is 1. The monoisotopic (exact) mass is 291 g/mol. The highest BCUT2D eigenvalue weighted by atomic mass is 79.9. The van der Waals surface area contributed by atoms with E-state index in [9.17, 15) is 4.79 Å². The lowest BCUT2D eigenvalue weighted by molar-refractivity contribution is 0.102. The molecule has 1 aromatic heterocycles. The van der Waals surface area contributed by atoms with Crippen molar-refractivity contribution in [2.45, 2.75) is 0 Å². The van der Waals surface area contributed by atoms with Crippen LogP contribution in [-0.2, 0) is 0 Å². The smallest absolute Gasteiger partial charge is 0.257 e. The van der Waals surface area contributed by atoms with E-state index in [-0.39, 0.29) is 5.91 Å². The zero-order valence-corrected chi connectivity index (χ0v) is 10.4. The minimum absolute atomic E-state index is 0.199. The van der Waals surface area contributed by atoms with Crippen LogP contribution in [0, 0.1) is 0 Å². The minimum Gasteiger partial charge on any atom is -0.398 e. The number of nitrogens with two attached hydrogens (primary N) is 1. The van der Waals surface area contributed by atoms with Crippen LogP contribution in [-0.4, -0.2) is 10.9 Å². The van der Waals surface area contributed by atoms with Gasteiger partial charge in [0.25, 0.3) is 5.91 Å². The summed E-state index contributed by atoms with van der Waals surface area (Å²) in [6, 6.07) is 8.64. The van der Waals surface area contributed by atoms with E-state index in [1.54, 1.807) is 36.5 Å². The third-order valence-electron chi connectivity index (χ3n) is 2.18. The largest absolute Gasteiger partial charge is 0.398 e. The first-order valence-electron chi connectivity index (χ1n) is 4.93. The van der Waals surface area contributed by atoms with Crippen LogP contribution in [0.15, 0.2) is 47.2 Å². The second-order valence-corrected chi connectivity index (χ2v) is 4.29. The maximum atomic E-state index is 11.8. The quantitative estimate of drug-likeness (QED) is 0.836.